The average molecular weight is 211 g/mol. The fourth-order valence-corrected chi connectivity index (χ4v) is 2.39. The molecule has 1 aliphatic heterocycles. The Labute approximate surface area is 94.0 Å². The summed E-state index contributed by atoms with van der Waals surface area (Å²) in [5.41, 5.74) is 0. The molecule has 0 aromatic heterocycles. The summed E-state index contributed by atoms with van der Waals surface area (Å²) >= 11 is 0. The highest BCUT2D eigenvalue weighted by Crippen LogP contribution is 2.29. The molecule has 1 fully saturated rings. The summed E-state index contributed by atoms with van der Waals surface area (Å²) in [5, 5.41) is 0. The van der Waals surface area contributed by atoms with E-state index < -0.39 is 0 Å². The SMILES string of the molecule is CCC1CC[C@@H](C)N1C(=O)C(C)C(C)C. The molecule has 1 heterocycles. The highest BCUT2D eigenvalue weighted by Gasteiger charge is 2.35. The van der Waals surface area contributed by atoms with Gasteiger partial charge in [-0.3, -0.25) is 4.79 Å². The fraction of sp³-hybridized carbons (Fsp3) is 0.923. The number of hydrogen-bond donors (Lipinski definition) is 0. The van der Waals surface area contributed by atoms with Crippen molar-refractivity contribution in [1.82, 2.24) is 4.90 Å². The fourth-order valence-electron chi connectivity index (χ4n) is 2.39. The van der Waals surface area contributed by atoms with Crippen LogP contribution in [-0.2, 0) is 4.79 Å². The lowest BCUT2D eigenvalue weighted by Crippen LogP contribution is -2.43. The van der Waals surface area contributed by atoms with E-state index in [0.717, 1.165) is 6.42 Å². The summed E-state index contributed by atoms with van der Waals surface area (Å²) in [5.74, 6) is 0.976. The molecule has 3 atom stereocenters. The van der Waals surface area contributed by atoms with Crippen molar-refractivity contribution in [2.24, 2.45) is 11.8 Å². The summed E-state index contributed by atoms with van der Waals surface area (Å²) in [7, 11) is 0. The first-order valence-electron chi connectivity index (χ1n) is 6.31. The second-order valence-corrected chi connectivity index (χ2v) is 5.27. The molecule has 0 aromatic rings. The summed E-state index contributed by atoms with van der Waals surface area (Å²) in [6.07, 6.45) is 3.46. The Kier molecular flexibility index (Phi) is 4.18. The van der Waals surface area contributed by atoms with Crippen molar-refractivity contribution < 1.29 is 4.79 Å². The number of amides is 1. The Hall–Kier alpha value is -0.530. The maximum atomic E-state index is 12.3. The summed E-state index contributed by atoms with van der Waals surface area (Å²) in [6, 6.07) is 0.942. The van der Waals surface area contributed by atoms with Crippen molar-refractivity contribution >= 4 is 5.91 Å². The van der Waals surface area contributed by atoms with E-state index in [1.807, 2.05) is 0 Å². The monoisotopic (exact) mass is 211 g/mol. The van der Waals surface area contributed by atoms with Crippen LogP contribution in [0, 0.1) is 11.8 Å². The Morgan fingerprint density at radius 2 is 1.93 bits per heavy atom. The predicted octanol–water partition coefficient (Wildman–Crippen LogP) is 3.07. The van der Waals surface area contributed by atoms with E-state index in [-0.39, 0.29) is 5.92 Å². The molecular weight excluding hydrogens is 186 g/mol. The van der Waals surface area contributed by atoms with Crippen molar-refractivity contribution in [1.29, 1.82) is 0 Å². The van der Waals surface area contributed by atoms with Gasteiger partial charge in [-0.2, -0.15) is 0 Å². The van der Waals surface area contributed by atoms with Crippen LogP contribution in [0.2, 0.25) is 0 Å². The van der Waals surface area contributed by atoms with Gasteiger partial charge in [0.15, 0.2) is 0 Å². The van der Waals surface area contributed by atoms with Crippen LogP contribution in [0.5, 0.6) is 0 Å². The number of carbonyl (C=O) groups excluding carboxylic acids is 1. The molecule has 2 nitrogen and oxygen atoms in total. The molecule has 2 unspecified atom stereocenters. The van der Waals surface area contributed by atoms with Gasteiger partial charge in [-0.05, 0) is 32.1 Å². The molecule has 1 rings (SSSR count). The molecule has 0 aromatic carbocycles. The molecular formula is C13H25NO. The van der Waals surface area contributed by atoms with Gasteiger partial charge >= 0.3 is 0 Å². The summed E-state index contributed by atoms with van der Waals surface area (Å²) in [4.78, 5) is 14.4. The normalized spacial score (nSPS) is 28.5. The van der Waals surface area contributed by atoms with Gasteiger partial charge in [0.2, 0.25) is 5.91 Å². The number of hydrogen-bond acceptors (Lipinski definition) is 1. The van der Waals surface area contributed by atoms with Gasteiger partial charge in [0, 0.05) is 18.0 Å². The van der Waals surface area contributed by atoms with Crippen LogP contribution in [0.15, 0.2) is 0 Å². The van der Waals surface area contributed by atoms with Crippen LogP contribution >= 0.6 is 0 Å². The Morgan fingerprint density at radius 1 is 1.33 bits per heavy atom. The van der Waals surface area contributed by atoms with E-state index >= 15 is 0 Å². The van der Waals surface area contributed by atoms with Crippen molar-refractivity contribution in [3.8, 4) is 0 Å². The molecule has 1 amide bonds. The van der Waals surface area contributed by atoms with Crippen LogP contribution in [0.25, 0.3) is 0 Å². The third-order valence-electron chi connectivity index (χ3n) is 3.90. The van der Waals surface area contributed by atoms with Crippen molar-refractivity contribution in [3.05, 3.63) is 0 Å². The quantitative estimate of drug-likeness (QED) is 0.702. The number of likely N-dealkylation sites (tertiary alicyclic amines) is 1. The van der Waals surface area contributed by atoms with E-state index in [4.69, 9.17) is 0 Å². The highest BCUT2D eigenvalue weighted by atomic mass is 16.2. The predicted molar refractivity (Wildman–Crippen MR) is 63.6 cm³/mol. The Balaban J connectivity index is 2.72. The average Bonchev–Trinajstić information content (AvgIpc) is 2.57. The van der Waals surface area contributed by atoms with Crippen LogP contribution in [0.4, 0.5) is 0 Å². The standard InChI is InChI=1S/C13H25NO/c1-6-12-8-7-10(4)14(12)13(15)11(5)9(2)3/h9-12H,6-8H2,1-5H3/t10-,11?,12?/m1/s1. The third kappa shape index (κ3) is 2.53. The maximum Gasteiger partial charge on any atom is 0.226 e. The molecule has 2 heteroatoms. The van der Waals surface area contributed by atoms with Gasteiger partial charge in [-0.1, -0.05) is 27.7 Å². The second kappa shape index (κ2) is 5.00. The lowest BCUT2D eigenvalue weighted by Gasteiger charge is -2.31. The number of carbonyl (C=O) groups is 1. The topological polar surface area (TPSA) is 20.3 Å². The van der Waals surface area contributed by atoms with Crippen molar-refractivity contribution in [2.45, 2.75) is 66.0 Å². The van der Waals surface area contributed by atoms with Crippen molar-refractivity contribution in [2.75, 3.05) is 0 Å². The Morgan fingerprint density at radius 3 is 2.40 bits per heavy atom. The maximum absolute atomic E-state index is 12.3. The first-order chi connectivity index (χ1) is 6.99. The largest absolute Gasteiger partial charge is 0.337 e. The molecule has 1 aliphatic rings. The number of nitrogens with zero attached hydrogens (tertiary/aromatic N) is 1. The minimum absolute atomic E-state index is 0.166. The molecule has 0 N–H and O–H groups in total. The zero-order chi connectivity index (χ0) is 11.6. The Bertz CT molecular complexity index is 225. The van der Waals surface area contributed by atoms with E-state index in [1.165, 1.54) is 12.8 Å². The number of rotatable bonds is 3. The first kappa shape index (κ1) is 12.5. The van der Waals surface area contributed by atoms with Crippen LogP contribution in [0.3, 0.4) is 0 Å². The van der Waals surface area contributed by atoms with Gasteiger partial charge in [0.25, 0.3) is 0 Å². The van der Waals surface area contributed by atoms with Crippen LogP contribution in [0.1, 0.15) is 53.9 Å². The minimum atomic E-state index is 0.166. The summed E-state index contributed by atoms with van der Waals surface area (Å²) < 4.78 is 0. The van der Waals surface area contributed by atoms with Gasteiger partial charge in [-0.15, -0.1) is 0 Å². The minimum Gasteiger partial charge on any atom is -0.337 e. The van der Waals surface area contributed by atoms with Gasteiger partial charge in [0.1, 0.15) is 0 Å². The third-order valence-corrected chi connectivity index (χ3v) is 3.90. The van der Waals surface area contributed by atoms with Gasteiger partial charge < -0.3 is 4.90 Å². The second-order valence-electron chi connectivity index (χ2n) is 5.27. The molecule has 15 heavy (non-hydrogen) atoms. The van der Waals surface area contributed by atoms with Gasteiger partial charge in [-0.25, -0.2) is 0 Å². The van der Waals surface area contributed by atoms with E-state index in [9.17, 15) is 4.79 Å². The molecule has 0 bridgehead atoms. The molecule has 88 valence electrons. The van der Waals surface area contributed by atoms with Crippen LogP contribution < -0.4 is 0 Å². The smallest absolute Gasteiger partial charge is 0.226 e. The lowest BCUT2D eigenvalue weighted by molar-refractivity contribution is -0.139. The van der Waals surface area contributed by atoms with Crippen molar-refractivity contribution in [3.63, 3.8) is 0 Å². The lowest BCUT2D eigenvalue weighted by atomic mass is 9.96. The molecule has 0 aliphatic carbocycles. The zero-order valence-electron chi connectivity index (χ0n) is 10.8. The van der Waals surface area contributed by atoms with E-state index in [1.54, 1.807) is 0 Å². The molecule has 0 radical (unpaired) electrons. The first-order valence-corrected chi connectivity index (χ1v) is 6.31. The molecule has 0 spiro atoms. The summed E-state index contributed by atoms with van der Waals surface area (Å²) in [6.45, 7) is 10.7. The van der Waals surface area contributed by atoms with E-state index in [0.29, 0.717) is 23.9 Å². The highest BCUT2D eigenvalue weighted by molar-refractivity contribution is 5.79. The van der Waals surface area contributed by atoms with Crippen LogP contribution in [-0.4, -0.2) is 22.9 Å². The molecule has 1 saturated heterocycles. The molecule has 0 saturated carbocycles. The van der Waals surface area contributed by atoms with E-state index in [2.05, 4.69) is 39.5 Å². The van der Waals surface area contributed by atoms with Gasteiger partial charge in [0.05, 0.1) is 0 Å². The zero-order valence-corrected chi connectivity index (χ0v) is 10.8.